The van der Waals surface area contributed by atoms with Crippen molar-refractivity contribution in [1.82, 2.24) is 9.88 Å². The van der Waals surface area contributed by atoms with Crippen molar-refractivity contribution in [1.29, 1.82) is 0 Å². The van der Waals surface area contributed by atoms with Gasteiger partial charge in [-0.25, -0.2) is 0 Å². The normalized spacial score (nSPS) is 15.7. The van der Waals surface area contributed by atoms with Crippen LogP contribution < -0.4 is 5.32 Å². The molecule has 1 fully saturated rings. The first-order valence-corrected chi connectivity index (χ1v) is 8.20. The Bertz CT molecular complexity index is 701. The molecule has 1 N–H and O–H groups in total. The second-order valence-corrected chi connectivity index (χ2v) is 5.89. The van der Waals surface area contributed by atoms with E-state index < -0.39 is 11.8 Å². The smallest absolute Gasteiger partial charge is 0.313 e. The van der Waals surface area contributed by atoms with E-state index >= 15 is 0 Å². The van der Waals surface area contributed by atoms with E-state index in [-0.39, 0.29) is 0 Å². The Balaban J connectivity index is 1.73. The summed E-state index contributed by atoms with van der Waals surface area (Å²) in [6, 6.07) is 9.20. The molecule has 0 atom stereocenters. The molecule has 5 heteroatoms. The molecule has 1 saturated heterocycles. The van der Waals surface area contributed by atoms with Gasteiger partial charge >= 0.3 is 11.8 Å². The van der Waals surface area contributed by atoms with Gasteiger partial charge in [0.2, 0.25) is 0 Å². The third-order valence-electron chi connectivity index (χ3n) is 4.23. The zero-order valence-corrected chi connectivity index (χ0v) is 13.1. The molecule has 1 aliphatic rings. The number of fused-ring (bicyclic) bond motifs is 1. The Morgan fingerprint density at radius 2 is 1.70 bits per heavy atom. The fraction of sp³-hybridized carbons (Fsp3) is 0.389. The Labute approximate surface area is 135 Å². The molecule has 23 heavy (non-hydrogen) atoms. The minimum atomic E-state index is -0.568. The van der Waals surface area contributed by atoms with Gasteiger partial charge in [-0.1, -0.05) is 25.3 Å². The van der Waals surface area contributed by atoms with Crippen molar-refractivity contribution in [2.75, 3.05) is 18.4 Å². The number of hydrogen-bond donors (Lipinski definition) is 1. The predicted octanol–water partition coefficient (Wildman–Crippen LogP) is 2.97. The number of carbonyl (C=O) groups is 2. The SMILES string of the molecule is O=C(Nc1cccc2ncccc12)C(=O)N1CCCCCCC1. The van der Waals surface area contributed by atoms with Crippen LogP contribution in [0.15, 0.2) is 36.5 Å². The van der Waals surface area contributed by atoms with Gasteiger partial charge in [0.25, 0.3) is 0 Å². The van der Waals surface area contributed by atoms with Crippen LogP contribution in [0.3, 0.4) is 0 Å². The first kappa shape index (κ1) is 15.5. The van der Waals surface area contributed by atoms with Crippen LogP contribution in [-0.4, -0.2) is 34.8 Å². The van der Waals surface area contributed by atoms with Crippen molar-refractivity contribution in [2.24, 2.45) is 0 Å². The highest BCUT2D eigenvalue weighted by Gasteiger charge is 2.22. The second-order valence-electron chi connectivity index (χ2n) is 5.89. The van der Waals surface area contributed by atoms with Crippen molar-refractivity contribution in [3.05, 3.63) is 36.5 Å². The van der Waals surface area contributed by atoms with E-state index in [0.717, 1.165) is 36.6 Å². The van der Waals surface area contributed by atoms with Gasteiger partial charge in [-0.3, -0.25) is 14.6 Å². The quantitative estimate of drug-likeness (QED) is 0.824. The lowest BCUT2D eigenvalue weighted by atomic mass is 10.1. The minimum absolute atomic E-state index is 0.437. The maximum Gasteiger partial charge on any atom is 0.313 e. The van der Waals surface area contributed by atoms with Gasteiger partial charge in [0, 0.05) is 24.7 Å². The molecule has 2 amide bonds. The highest BCUT2D eigenvalue weighted by molar-refractivity contribution is 6.40. The predicted molar refractivity (Wildman–Crippen MR) is 90.0 cm³/mol. The number of likely N-dealkylation sites (tertiary alicyclic amines) is 1. The van der Waals surface area contributed by atoms with E-state index in [4.69, 9.17) is 0 Å². The van der Waals surface area contributed by atoms with Crippen molar-refractivity contribution < 1.29 is 9.59 Å². The summed E-state index contributed by atoms with van der Waals surface area (Å²) in [4.78, 5) is 30.7. The molecule has 0 aliphatic carbocycles. The monoisotopic (exact) mass is 311 g/mol. The number of rotatable bonds is 1. The van der Waals surface area contributed by atoms with Gasteiger partial charge in [0.15, 0.2) is 0 Å². The van der Waals surface area contributed by atoms with Gasteiger partial charge in [0.1, 0.15) is 0 Å². The number of carbonyl (C=O) groups excluding carboxylic acids is 2. The molecule has 2 heterocycles. The van der Waals surface area contributed by atoms with Gasteiger partial charge in [-0.05, 0) is 37.1 Å². The topological polar surface area (TPSA) is 62.3 Å². The van der Waals surface area contributed by atoms with Crippen LogP contribution >= 0.6 is 0 Å². The average molecular weight is 311 g/mol. The lowest BCUT2D eigenvalue weighted by Gasteiger charge is -2.24. The number of nitrogens with zero attached hydrogens (tertiary/aromatic N) is 2. The number of benzene rings is 1. The number of nitrogens with one attached hydrogen (secondary N) is 1. The number of hydrogen-bond acceptors (Lipinski definition) is 3. The number of pyridine rings is 1. The summed E-state index contributed by atoms with van der Waals surface area (Å²) >= 11 is 0. The van der Waals surface area contributed by atoms with E-state index in [1.165, 1.54) is 6.42 Å². The van der Waals surface area contributed by atoms with E-state index in [1.807, 2.05) is 24.3 Å². The average Bonchev–Trinajstić information content (AvgIpc) is 2.54. The molecule has 1 aliphatic heterocycles. The van der Waals surface area contributed by atoms with Crippen LogP contribution in [0.5, 0.6) is 0 Å². The lowest BCUT2D eigenvalue weighted by Crippen LogP contribution is -2.41. The fourth-order valence-electron chi connectivity index (χ4n) is 2.98. The first-order chi connectivity index (χ1) is 11.3. The Morgan fingerprint density at radius 1 is 0.957 bits per heavy atom. The van der Waals surface area contributed by atoms with Crippen LogP contribution in [0.1, 0.15) is 32.1 Å². The summed E-state index contributed by atoms with van der Waals surface area (Å²) in [7, 11) is 0. The molecule has 2 aromatic rings. The van der Waals surface area contributed by atoms with E-state index in [9.17, 15) is 9.59 Å². The van der Waals surface area contributed by atoms with E-state index in [0.29, 0.717) is 18.8 Å². The van der Waals surface area contributed by atoms with Crippen LogP contribution in [0.2, 0.25) is 0 Å². The molecule has 0 saturated carbocycles. The summed E-state index contributed by atoms with van der Waals surface area (Å²) in [6.07, 6.45) is 7.12. The largest absolute Gasteiger partial charge is 0.334 e. The number of anilines is 1. The molecule has 1 aromatic carbocycles. The van der Waals surface area contributed by atoms with Crippen molar-refractivity contribution in [2.45, 2.75) is 32.1 Å². The first-order valence-electron chi connectivity index (χ1n) is 8.20. The van der Waals surface area contributed by atoms with Gasteiger partial charge < -0.3 is 10.2 Å². The van der Waals surface area contributed by atoms with Crippen LogP contribution in [-0.2, 0) is 9.59 Å². The highest BCUT2D eigenvalue weighted by Crippen LogP contribution is 2.21. The molecule has 3 rings (SSSR count). The second kappa shape index (κ2) is 7.22. The third-order valence-corrected chi connectivity index (χ3v) is 4.23. The van der Waals surface area contributed by atoms with E-state index in [2.05, 4.69) is 10.3 Å². The highest BCUT2D eigenvalue weighted by atomic mass is 16.2. The van der Waals surface area contributed by atoms with Crippen LogP contribution in [0, 0.1) is 0 Å². The lowest BCUT2D eigenvalue weighted by molar-refractivity contribution is -0.143. The number of aromatic nitrogens is 1. The van der Waals surface area contributed by atoms with Crippen LogP contribution in [0.4, 0.5) is 5.69 Å². The molecule has 0 spiro atoms. The molecular weight excluding hydrogens is 290 g/mol. The maximum atomic E-state index is 12.4. The van der Waals surface area contributed by atoms with Crippen molar-refractivity contribution in [3.8, 4) is 0 Å². The standard InChI is InChI=1S/C18H21N3O2/c22-17(18(23)21-12-4-2-1-3-5-13-21)20-16-10-6-9-15-14(16)8-7-11-19-15/h6-11H,1-5,12-13H2,(H,20,22). The van der Waals surface area contributed by atoms with Crippen molar-refractivity contribution in [3.63, 3.8) is 0 Å². The Morgan fingerprint density at radius 3 is 2.48 bits per heavy atom. The van der Waals surface area contributed by atoms with E-state index in [1.54, 1.807) is 17.2 Å². The van der Waals surface area contributed by atoms with Gasteiger partial charge in [-0.2, -0.15) is 0 Å². The Kier molecular flexibility index (Phi) is 4.86. The summed E-state index contributed by atoms with van der Waals surface area (Å²) in [5.41, 5.74) is 1.42. The molecule has 1 aromatic heterocycles. The summed E-state index contributed by atoms with van der Waals surface area (Å²) in [5, 5.41) is 3.58. The molecule has 5 nitrogen and oxygen atoms in total. The summed E-state index contributed by atoms with van der Waals surface area (Å²) in [6.45, 7) is 1.34. The zero-order valence-electron chi connectivity index (χ0n) is 13.1. The summed E-state index contributed by atoms with van der Waals surface area (Å²) < 4.78 is 0. The van der Waals surface area contributed by atoms with Gasteiger partial charge in [0.05, 0.1) is 11.2 Å². The van der Waals surface area contributed by atoms with Crippen molar-refractivity contribution >= 4 is 28.4 Å². The third kappa shape index (κ3) is 3.67. The number of amides is 2. The zero-order chi connectivity index (χ0) is 16.1. The fourth-order valence-corrected chi connectivity index (χ4v) is 2.98. The maximum absolute atomic E-state index is 12.4. The Hall–Kier alpha value is -2.43. The summed E-state index contributed by atoms with van der Waals surface area (Å²) in [5.74, 6) is -1.00. The van der Waals surface area contributed by atoms with Crippen LogP contribution in [0.25, 0.3) is 10.9 Å². The molecule has 120 valence electrons. The molecule has 0 bridgehead atoms. The molecule has 0 unspecified atom stereocenters. The molecule has 0 radical (unpaired) electrons. The molecular formula is C18H21N3O2. The minimum Gasteiger partial charge on any atom is -0.334 e. The van der Waals surface area contributed by atoms with Gasteiger partial charge in [-0.15, -0.1) is 0 Å².